The summed E-state index contributed by atoms with van der Waals surface area (Å²) in [6, 6.07) is 15.6. The zero-order valence-corrected chi connectivity index (χ0v) is 14.0. The summed E-state index contributed by atoms with van der Waals surface area (Å²) in [6.07, 6.45) is 0. The van der Waals surface area contributed by atoms with Crippen LogP contribution in [0.4, 0.5) is 4.39 Å². The summed E-state index contributed by atoms with van der Waals surface area (Å²) in [6.45, 7) is 0.234. The van der Waals surface area contributed by atoms with Crippen molar-refractivity contribution in [3.63, 3.8) is 0 Å². The second-order valence-corrected chi connectivity index (χ2v) is 5.34. The van der Waals surface area contributed by atoms with Gasteiger partial charge in [-0.1, -0.05) is 42.5 Å². The summed E-state index contributed by atoms with van der Waals surface area (Å²) in [7, 11) is 1.61. The monoisotopic (exact) mass is 347 g/mol. The van der Waals surface area contributed by atoms with Crippen LogP contribution in [-0.2, 0) is 11.3 Å². The number of nitrogens with one attached hydrogen (secondary N) is 2. The van der Waals surface area contributed by atoms with E-state index >= 15 is 0 Å². The van der Waals surface area contributed by atoms with E-state index in [-0.39, 0.29) is 12.4 Å². The number of amides is 1. The number of ether oxygens (including phenoxy) is 1. The summed E-state index contributed by atoms with van der Waals surface area (Å²) < 4.78 is 18.5. The van der Waals surface area contributed by atoms with E-state index in [1.165, 1.54) is 17.1 Å². The number of rotatable bonds is 5. The fourth-order valence-electron chi connectivity index (χ4n) is 1.87. The molecule has 24 heavy (non-hydrogen) atoms. The first-order chi connectivity index (χ1) is 11.6. The van der Waals surface area contributed by atoms with Crippen molar-refractivity contribution in [1.29, 1.82) is 0 Å². The number of hydrogen-bond acceptors (Lipinski definition) is 3. The summed E-state index contributed by atoms with van der Waals surface area (Å²) in [5.74, 6) is -0.927. The second-order valence-electron chi connectivity index (χ2n) is 4.96. The smallest absolute Gasteiger partial charge is 0.276 e. The first-order valence-electron chi connectivity index (χ1n) is 7.28. The van der Waals surface area contributed by atoms with Crippen LogP contribution in [-0.4, -0.2) is 29.7 Å². The lowest BCUT2D eigenvalue weighted by Gasteiger charge is -2.21. The Morgan fingerprint density at radius 3 is 2.54 bits per heavy atom. The Kier molecular flexibility index (Phi) is 6.51. The van der Waals surface area contributed by atoms with E-state index < -0.39 is 11.7 Å². The highest BCUT2D eigenvalue weighted by atomic mass is 32.1. The van der Waals surface area contributed by atoms with Gasteiger partial charge in [0.25, 0.3) is 5.91 Å². The average molecular weight is 347 g/mol. The van der Waals surface area contributed by atoms with Crippen molar-refractivity contribution in [3.05, 3.63) is 66.0 Å². The van der Waals surface area contributed by atoms with Gasteiger partial charge in [-0.05, 0) is 29.9 Å². The van der Waals surface area contributed by atoms with Gasteiger partial charge in [-0.25, -0.2) is 4.39 Å². The van der Waals surface area contributed by atoms with Crippen molar-refractivity contribution in [2.75, 3.05) is 13.7 Å². The third-order valence-corrected chi connectivity index (χ3v) is 3.50. The Hall–Kier alpha value is -2.67. The molecule has 0 aliphatic carbocycles. The zero-order chi connectivity index (χ0) is 17.4. The van der Waals surface area contributed by atoms with Crippen LogP contribution in [0.5, 0.6) is 5.75 Å². The largest absolute Gasteiger partial charge is 0.481 e. The molecule has 2 aromatic rings. The molecule has 0 saturated carbocycles. The SMILES string of the molecule is CN(NC(=O)COc1ccccc1F)C(=S)NCc1ccccc1. The van der Waals surface area contributed by atoms with Crippen molar-refractivity contribution in [2.24, 2.45) is 0 Å². The van der Waals surface area contributed by atoms with Crippen LogP contribution in [0.3, 0.4) is 0 Å². The van der Waals surface area contributed by atoms with E-state index in [9.17, 15) is 9.18 Å². The summed E-state index contributed by atoms with van der Waals surface area (Å²) in [5.41, 5.74) is 3.62. The highest BCUT2D eigenvalue weighted by Crippen LogP contribution is 2.14. The van der Waals surface area contributed by atoms with Crippen LogP contribution in [0, 0.1) is 5.82 Å². The Labute approximate surface area is 145 Å². The molecule has 0 atom stereocenters. The predicted octanol–water partition coefficient (Wildman–Crippen LogP) is 2.24. The fourth-order valence-corrected chi connectivity index (χ4v) is 1.99. The van der Waals surface area contributed by atoms with Gasteiger partial charge < -0.3 is 10.1 Å². The summed E-state index contributed by atoms with van der Waals surface area (Å²) in [5, 5.41) is 4.77. The maximum atomic E-state index is 13.4. The van der Waals surface area contributed by atoms with E-state index in [4.69, 9.17) is 17.0 Å². The molecule has 0 aromatic heterocycles. The molecule has 0 fully saturated rings. The molecule has 2 aromatic carbocycles. The quantitative estimate of drug-likeness (QED) is 0.642. The van der Waals surface area contributed by atoms with Gasteiger partial charge in [-0.3, -0.25) is 15.2 Å². The normalized spacial score (nSPS) is 9.92. The minimum atomic E-state index is -0.515. The maximum absolute atomic E-state index is 13.4. The van der Waals surface area contributed by atoms with Crippen molar-refractivity contribution in [1.82, 2.24) is 15.8 Å². The van der Waals surface area contributed by atoms with Gasteiger partial charge in [0.1, 0.15) is 0 Å². The Bertz CT molecular complexity index is 697. The molecule has 0 unspecified atom stereocenters. The van der Waals surface area contributed by atoms with Gasteiger partial charge in [-0.2, -0.15) is 0 Å². The van der Waals surface area contributed by atoms with Gasteiger partial charge in [0.15, 0.2) is 23.3 Å². The van der Waals surface area contributed by atoms with Gasteiger partial charge in [0, 0.05) is 13.6 Å². The van der Waals surface area contributed by atoms with Crippen LogP contribution in [0.1, 0.15) is 5.56 Å². The van der Waals surface area contributed by atoms with Gasteiger partial charge >= 0.3 is 0 Å². The molecule has 0 aliphatic rings. The Morgan fingerprint density at radius 2 is 1.83 bits per heavy atom. The molecule has 126 valence electrons. The standard InChI is InChI=1S/C17H18FN3O2S/c1-21(17(24)19-11-13-7-3-2-4-8-13)20-16(22)12-23-15-10-6-5-9-14(15)18/h2-10H,11-12H2,1H3,(H,19,24)(H,20,22). The van der Waals surface area contributed by atoms with E-state index in [1.807, 2.05) is 30.3 Å². The summed E-state index contributed by atoms with van der Waals surface area (Å²) in [4.78, 5) is 11.8. The van der Waals surface area contributed by atoms with Crippen LogP contribution in [0.25, 0.3) is 0 Å². The lowest BCUT2D eigenvalue weighted by molar-refractivity contribution is -0.126. The van der Waals surface area contributed by atoms with Crippen LogP contribution in [0.2, 0.25) is 0 Å². The molecule has 0 bridgehead atoms. The van der Waals surface area contributed by atoms with Gasteiger partial charge in [0.2, 0.25) is 0 Å². The van der Waals surface area contributed by atoms with Crippen molar-refractivity contribution >= 4 is 23.2 Å². The minimum absolute atomic E-state index is 0.0279. The topological polar surface area (TPSA) is 53.6 Å². The number of hydrazine groups is 1. The van der Waals surface area contributed by atoms with Crippen LogP contribution < -0.4 is 15.5 Å². The van der Waals surface area contributed by atoms with Crippen molar-refractivity contribution < 1.29 is 13.9 Å². The maximum Gasteiger partial charge on any atom is 0.276 e. The minimum Gasteiger partial charge on any atom is -0.481 e. The van der Waals surface area contributed by atoms with Crippen molar-refractivity contribution in [2.45, 2.75) is 6.54 Å². The number of nitrogens with zero attached hydrogens (tertiary/aromatic N) is 1. The van der Waals surface area contributed by atoms with Crippen LogP contribution in [0.15, 0.2) is 54.6 Å². The van der Waals surface area contributed by atoms with E-state index in [2.05, 4.69) is 10.7 Å². The number of thiocarbonyl (C=S) groups is 1. The molecule has 0 spiro atoms. The Morgan fingerprint density at radius 1 is 1.17 bits per heavy atom. The molecular formula is C17H18FN3O2S. The van der Waals surface area contributed by atoms with Gasteiger partial charge in [0.05, 0.1) is 0 Å². The number of carbonyl (C=O) groups is 1. The van der Waals surface area contributed by atoms with Crippen LogP contribution >= 0.6 is 12.2 Å². The van der Waals surface area contributed by atoms with Gasteiger partial charge in [-0.15, -0.1) is 0 Å². The van der Waals surface area contributed by atoms with E-state index in [0.29, 0.717) is 11.7 Å². The molecule has 2 rings (SSSR count). The molecule has 2 N–H and O–H groups in total. The Balaban J connectivity index is 1.74. The molecule has 7 heteroatoms. The molecule has 0 aliphatic heterocycles. The number of para-hydroxylation sites is 1. The molecular weight excluding hydrogens is 329 g/mol. The average Bonchev–Trinajstić information content (AvgIpc) is 2.59. The second kappa shape index (κ2) is 8.83. The molecule has 5 nitrogen and oxygen atoms in total. The number of carbonyl (C=O) groups excluding carboxylic acids is 1. The lowest BCUT2D eigenvalue weighted by Crippen LogP contribution is -2.49. The molecule has 0 radical (unpaired) electrons. The number of hydrogen-bond donors (Lipinski definition) is 2. The molecule has 0 heterocycles. The fraction of sp³-hybridized carbons (Fsp3) is 0.176. The molecule has 0 saturated heterocycles. The zero-order valence-electron chi connectivity index (χ0n) is 13.2. The highest BCUT2D eigenvalue weighted by Gasteiger charge is 2.10. The molecule has 1 amide bonds. The third-order valence-electron chi connectivity index (χ3n) is 3.08. The number of halogens is 1. The lowest BCUT2D eigenvalue weighted by atomic mass is 10.2. The predicted molar refractivity (Wildman–Crippen MR) is 93.7 cm³/mol. The van der Waals surface area contributed by atoms with E-state index in [1.54, 1.807) is 19.2 Å². The summed E-state index contributed by atoms with van der Waals surface area (Å²) >= 11 is 5.19. The first kappa shape index (κ1) is 17.7. The van der Waals surface area contributed by atoms with Crippen molar-refractivity contribution in [3.8, 4) is 5.75 Å². The first-order valence-corrected chi connectivity index (χ1v) is 7.69. The third kappa shape index (κ3) is 5.51. The highest BCUT2D eigenvalue weighted by molar-refractivity contribution is 7.80. The van der Waals surface area contributed by atoms with E-state index in [0.717, 1.165) is 5.56 Å². The number of benzene rings is 2.